The third-order valence-corrected chi connectivity index (χ3v) is 5.04. The summed E-state index contributed by atoms with van der Waals surface area (Å²) in [6.07, 6.45) is 3.94. The van der Waals surface area contributed by atoms with Crippen LogP contribution in [0.25, 0.3) is 21.9 Å². The third-order valence-electron chi connectivity index (χ3n) is 5.04. The van der Waals surface area contributed by atoms with Gasteiger partial charge in [0.15, 0.2) is 0 Å². The Morgan fingerprint density at radius 3 is 2.40 bits per heavy atom. The molecule has 0 saturated heterocycles. The summed E-state index contributed by atoms with van der Waals surface area (Å²) in [6.45, 7) is 7.35. The van der Waals surface area contributed by atoms with Crippen LogP contribution in [0.3, 0.4) is 0 Å². The second kappa shape index (κ2) is 10.6. The fourth-order valence-electron chi connectivity index (χ4n) is 3.63. The molecule has 0 aliphatic rings. The van der Waals surface area contributed by atoms with Crippen molar-refractivity contribution in [2.24, 2.45) is 0 Å². The fraction of sp³-hybridized carbons (Fsp3) is 0.360. The molecule has 5 nitrogen and oxygen atoms in total. The summed E-state index contributed by atoms with van der Waals surface area (Å²) in [7, 11) is 1.61. The summed E-state index contributed by atoms with van der Waals surface area (Å²) in [5.41, 5.74) is 3.50. The van der Waals surface area contributed by atoms with Gasteiger partial charge in [-0.15, -0.1) is 0 Å². The fourth-order valence-corrected chi connectivity index (χ4v) is 3.63. The zero-order chi connectivity index (χ0) is 21.3. The average molecular weight is 404 g/mol. The number of pyridine rings is 1. The lowest BCUT2D eigenvalue weighted by Gasteiger charge is -2.24. The Morgan fingerprint density at radius 2 is 1.70 bits per heavy atom. The van der Waals surface area contributed by atoms with Gasteiger partial charge in [-0.2, -0.15) is 5.26 Å². The van der Waals surface area contributed by atoms with Crippen molar-refractivity contribution in [3.63, 3.8) is 0 Å². The molecule has 0 amide bonds. The maximum Gasteiger partial charge on any atom is 0.232 e. The Bertz CT molecular complexity index is 1020. The second-order valence-electron chi connectivity index (χ2n) is 7.23. The Hall–Kier alpha value is -3.10. The number of ether oxygens (including phenoxy) is 2. The van der Waals surface area contributed by atoms with Gasteiger partial charge < -0.3 is 14.4 Å². The van der Waals surface area contributed by atoms with Crippen molar-refractivity contribution >= 4 is 16.5 Å². The molecule has 0 unspecified atom stereocenters. The van der Waals surface area contributed by atoms with Crippen molar-refractivity contribution < 1.29 is 9.47 Å². The zero-order valence-corrected chi connectivity index (χ0v) is 18.0. The van der Waals surface area contributed by atoms with E-state index < -0.39 is 0 Å². The van der Waals surface area contributed by atoms with Crippen molar-refractivity contribution in [2.75, 3.05) is 38.3 Å². The summed E-state index contributed by atoms with van der Waals surface area (Å²) >= 11 is 0. The first-order valence-electron chi connectivity index (χ1n) is 10.5. The van der Waals surface area contributed by atoms with E-state index in [0.717, 1.165) is 42.4 Å². The molecule has 0 aliphatic heterocycles. The highest BCUT2D eigenvalue weighted by molar-refractivity contribution is 5.90. The number of aromatic nitrogens is 1. The predicted octanol–water partition coefficient (Wildman–Crippen LogP) is 5.43. The molecule has 0 atom stereocenters. The van der Waals surface area contributed by atoms with Gasteiger partial charge in [-0.05, 0) is 53.4 Å². The highest BCUT2D eigenvalue weighted by Gasteiger charge is 2.13. The van der Waals surface area contributed by atoms with E-state index in [1.54, 1.807) is 13.3 Å². The van der Waals surface area contributed by atoms with E-state index in [9.17, 15) is 5.26 Å². The molecule has 0 spiro atoms. The van der Waals surface area contributed by atoms with Gasteiger partial charge in [0.25, 0.3) is 0 Å². The van der Waals surface area contributed by atoms with Crippen LogP contribution in [0, 0.1) is 11.3 Å². The molecular weight excluding hydrogens is 374 g/mol. The second-order valence-corrected chi connectivity index (χ2v) is 7.23. The van der Waals surface area contributed by atoms with Crippen LogP contribution in [-0.2, 0) is 4.74 Å². The Balaban J connectivity index is 1.95. The first-order chi connectivity index (χ1) is 14.7. The summed E-state index contributed by atoms with van der Waals surface area (Å²) in [6, 6.07) is 17.0. The normalized spacial score (nSPS) is 10.7. The number of rotatable bonds is 10. The van der Waals surface area contributed by atoms with Crippen LogP contribution in [0.4, 0.5) is 5.69 Å². The van der Waals surface area contributed by atoms with E-state index >= 15 is 0 Å². The van der Waals surface area contributed by atoms with Gasteiger partial charge in [-0.3, -0.25) is 0 Å². The molecule has 156 valence electrons. The number of fused-ring (bicyclic) bond motifs is 1. The van der Waals surface area contributed by atoms with Crippen molar-refractivity contribution in [1.29, 1.82) is 5.26 Å². The Labute approximate surface area is 178 Å². The highest BCUT2D eigenvalue weighted by atomic mass is 16.5. The van der Waals surface area contributed by atoms with Crippen LogP contribution in [0.2, 0.25) is 0 Å². The van der Waals surface area contributed by atoms with Gasteiger partial charge in [0.2, 0.25) is 5.88 Å². The van der Waals surface area contributed by atoms with Crippen LogP contribution in [0.1, 0.15) is 32.3 Å². The monoisotopic (exact) mass is 403 g/mol. The summed E-state index contributed by atoms with van der Waals surface area (Å²) < 4.78 is 10.7. The van der Waals surface area contributed by atoms with E-state index in [1.807, 2.05) is 6.07 Å². The minimum Gasteiger partial charge on any atom is -0.474 e. The molecule has 0 aliphatic carbocycles. The minimum atomic E-state index is 0.345. The van der Waals surface area contributed by atoms with Crippen LogP contribution in [0.5, 0.6) is 5.88 Å². The largest absolute Gasteiger partial charge is 0.474 e. The number of anilines is 1. The van der Waals surface area contributed by atoms with E-state index in [0.29, 0.717) is 24.7 Å². The van der Waals surface area contributed by atoms with Gasteiger partial charge in [-0.1, -0.05) is 32.0 Å². The SMILES string of the molecule is CCCN(CCC)c1ccc2cc(-c3ccnc(OCCOC)c3C#N)ccc2c1. The Kier molecular flexibility index (Phi) is 7.64. The number of nitriles is 1. The van der Waals surface area contributed by atoms with Crippen LogP contribution in [-0.4, -0.2) is 38.4 Å². The lowest BCUT2D eigenvalue weighted by molar-refractivity contribution is 0.143. The molecule has 30 heavy (non-hydrogen) atoms. The Morgan fingerprint density at radius 1 is 0.967 bits per heavy atom. The van der Waals surface area contributed by atoms with E-state index in [-0.39, 0.29) is 0 Å². The molecular formula is C25H29N3O2. The van der Waals surface area contributed by atoms with Gasteiger partial charge in [0.1, 0.15) is 18.2 Å². The van der Waals surface area contributed by atoms with Gasteiger partial charge in [0, 0.05) is 37.6 Å². The summed E-state index contributed by atoms with van der Waals surface area (Å²) in [5.74, 6) is 0.345. The van der Waals surface area contributed by atoms with Crippen molar-refractivity contribution in [3.8, 4) is 23.1 Å². The predicted molar refractivity (Wildman–Crippen MR) is 122 cm³/mol. The smallest absolute Gasteiger partial charge is 0.232 e. The van der Waals surface area contributed by atoms with Gasteiger partial charge in [0.05, 0.1) is 6.61 Å². The van der Waals surface area contributed by atoms with Gasteiger partial charge in [-0.25, -0.2) is 4.98 Å². The van der Waals surface area contributed by atoms with Gasteiger partial charge >= 0.3 is 0 Å². The lowest BCUT2D eigenvalue weighted by atomic mass is 9.98. The molecule has 0 N–H and O–H groups in total. The standard InChI is InChI=1S/C25H29N3O2/c1-4-12-28(13-5-2)22-9-8-19-16-21(7-6-20(19)17-22)23-10-11-27-25(24(23)18-26)30-15-14-29-3/h6-11,16-17H,4-5,12-15H2,1-3H3. The number of benzene rings is 2. The lowest BCUT2D eigenvalue weighted by Crippen LogP contribution is -2.24. The van der Waals surface area contributed by atoms with E-state index in [4.69, 9.17) is 9.47 Å². The number of hydrogen-bond acceptors (Lipinski definition) is 5. The van der Waals surface area contributed by atoms with Crippen LogP contribution in [0.15, 0.2) is 48.7 Å². The third kappa shape index (κ3) is 4.90. The molecule has 0 fully saturated rings. The van der Waals surface area contributed by atoms with Crippen molar-refractivity contribution in [2.45, 2.75) is 26.7 Å². The molecule has 0 bridgehead atoms. The van der Waals surface area contributed by atoms with Crippen LogP contribution < -0.4 is 9.64 Å². The van der Waals surface area contributed by atoms with Crippen molar-refractivity contribution in [1.82, 2.24) is 4.98 Å². The molecule has 1 heterocycles. The quantitative estimate of drug-likeness (QED) is 0.423. The molecule has 3 rings (SSSR count). The molecule has 1 aromatic heterocycles. The molecule has 5 heteroatoms. The number of methoxy groups -OCH3 is 1. The minimum absolute atomic E-state index is 0.345. The van der Waals surface area contributed by atoms with E-state index in [2.05, 4.69) is 66.2 Å². The first kappa shape index (κ1) is 21.6. The molecule has 2 aromatic carbocycles. The highest BCUT2D eigenvalue weighted by Crippen LogP contribution is 2.32. The topological polar surface area (TPSA) is 58.4 Å². The number of nitrogens with zero attached hydrogens (tertiary/aromatic N) is 3. The maximum absolute atomic E-state index is 9.72. The first-order valence-corrected chi connectivity index (χ1v) is 10.5. The average Bonchev–Trinajstić information content (AvgIpc) is 2.78. The summed E-state index contributed by atoms with van der Waals surface area (Å²) in [5, 5.41) is 12.1. The van der Waals surface area contributed by atoms with Crippen molar-refractivity contribution in [3.05, 3.63) is 54.2 Å². The number of hydrogen-bond donors (Lipinski definition) is 0. The molecule has 3 aromatic rings. The molecule has 0 saturated carbocycles. The van der Waals surface area contributed by atoms with E-state index in [1.165, 1.54) is 11.1 Å². The zero-order valence-electron chi connectivity index (χ0n) is 18.0. The van der Waals surface area contributed by atoms with Crippen LogP contribution >= 0.6 is 0 Å². The maximum atomic E-state index is 9.72. The summed E-state index contributed by atoms with van der Waals surface area (Å²) in [4.78, 5) is 6.67. The molecule has 0 radical (unpaired) electrons.